The summed E-state index contributed by atoms with van der Waals surface area (Å²) in [6, 6.07) is 16.0. The topological polar surface area (TPSA) is 125 Å². The molecule has 0 fully saturated rings. The molecule has 4 rings (SSSR count). The summed E-state index contributed by atoms with van der Waals surface area (Å²) in [6.45, 7) is 7.42. The summed E-state index contributed by atoms with van der Waals surface area (Å²) in [5.41, 5.74) is 3.98. The van der Waals surface area contributed by atoms with E-state index < -0.39 is 24.1 Å². The van der Waals surface area contributed by atoms with Gasteiger partial charge in [-0.3, -0.25) is 14.5 Å². The van der Waals surface area contributed by atoms with E-state index in [-0.39, 0.29) is 17.5 Å². The van der Waals surface area contributed by atoms with Crippen LogP contribution in [0.15, 0.2) is 65.6 Å². The average molecular weight is 529 g/mol. The third-order valence-electron chi connectivity index (χ3n) is 6.50. The van der Waals surface area contributed by atoms with Crippen LogP contribution in [-0.4, -0.2) is 40.7 Å². The number of hydrogen-bond donors (Lipinski definition) is 3. The maximum atomic E-state index is 13.7. The highest BCUT2D eigenvalue weighted by Crippen LogP contribution is 2.38. The Bertz CT molecular complexity index is 1560. The summed E-state index contributed by atoms with van der Waals surface area (Å²) in [5.74, 6) is -0.447. The number of rotatable bonds is 8. The van der Waals surface area contributed by atoms with Gasteiger partial charge in [0.15, 0.2) is 0 Å². The number of aliphatic carboxylic acids is 1. The number of urea groups is 1. The van der Waals surface area contributed by atoms with Gasteiger partial charge in [0.05, 0.1) is 7.11 Å². The van der Waals surface area contributed by atoms with Crippen LogP contribution < -0.4 is 20.5 Å². The molecule has 0 saturated heterocycles. The van der Waals surface area contributed by atoms with Gasteiger partial charge < -0.3 is 20.1 Å². The molecule has 2 amide bonds. The lowest BCUT2D eigenvalue weighted by Crippen LogP contribution is -2.42. The number of carboxylic acid groups (broad SMARTS) is 1. The van der Waals surface area contributed by atoms with Crippen LogP contribution in [0, 0.1) is 0 Å². The van der Waals surface area contributed by atoms with Gasteiger partial charge in [-0.15, -0.1) is 0 Å². The number of benzene rings is 2. The van der Waals surface area contributed by atoms with Crippen molar-refractivity contribution >= 4 is 34.4 Å². The summed E-state index contributed by atoms with van der Waals surface area (Å²) in [6.07, 6.45) is 1.54. The van der Waals surface area contributed by atoms with Gasteiger partial charge in [0.1, 0.15) is 23.6 Å². The van der Waals surface area contributed by atoms with Crippen molar-refractivity contribution in [3.05, 3.63) is 82.3 Å². The van der Waals surface area contributed by atoms with Crippen molar-refractivity contribution in [2.75, 3.05) is 23.9 Å². The molecule has 3 N–H and O–H groups in total. The summed E-state index contributed by atoms with van der Waals surface area (Å²) in [7, 11) is 1.62. The molecule has 0 saturated carbocycles. The maximum absolute atomic E-state index is 13.7. The molecular formula is C30H32N4O5. The SMILES string of the molecule is COc1cccc(-c2cc(C(C)C)c(NC(=O)N(CC(=O)O)c3cc4cccnc4[nH]c3=O)c(C(C)C)c2)c1. The minimum Gasteiger partial charge on any atom is -0.497 e. The minimum absolute atomic E-state index is 0.0337. The predicted octanol–water partition coefficient (Wildman–Crippen LogP) is 5.97. The standard InChI is InChI=1S/C30H32N4O5/c1-17(2)23-13-21(19-8-6-10-22(12-19)39-5)14-24(18(3)4)27(23)32-30(38)34(16-26(35)36)25-15-20-9-7-11-31-28(20)33-29(25)37/h6-15,17-18H,16H2,1-5H3,(H,32,38)(H,35,36)(H,31,33,37). The van der Waals surface area contributed by atoms with Crippen molar-refractivity contribution in [3.8, 4) is 16.9 Å². The summed E-state index contributed by atoms with van der Waals surface area (Å²) in [4.78, 5) is 46.0. The van der Waals surface area contributed by atoms with E-state index in [9.17, 15) is 19.5 Å². The van der Waals surface area contributed by atoms with E-state index in [0.717, 1.165) is 32.9 Å². The Morgan fingerprint density at radius 1 is 1.00 bits per heavy atom. The van der Waals surface area contributed by atoms with Gasteiger partial charge in [-0.05, 0) is 76.6 Å². The number of H-pyrrole nitrogens is 1. The number of pyridine rings is 2. The minimum atomic E-state index is -1.25. The average Bonchev–Trinajstić information content (AvgIpc) is 2.91. The second-order valence-corrected chi connectivity index (χ2v) is 9.91. The number of amides is 2. The fraction of sp³-hybridized carbons (Fsp3) is 0.267. The quantitative estimate of drug-likeness (QED) is 0.259. The zero-order valence-electron chi connectivity index (χ0n) is 22.6. The van der Waals surface area contributed by atoms with Gasteiger partial charge in [0, 0.05) is 17.3 Å². The normalized spacial score (nSPS) is 11.2. The number of nitrogens with zero attached hydrogens (tertiary/aromatic N) is 2. The van der Waals surface area contributed by atoms with Crippen molar-refractivity contribution in [2.45, 2.75) is 39.5 Å². The second-order valence-electron chi connectivity index (χ2n) is 9.91. The summed E-state index contributed by atoms with van der Waals surface area (Å²) < 4.78 is 5.40. The molecule has 0 aliphatic heterocycles. The summed E-state index contributed by atoms with van der Waals surface area (Å²) in [5, 5.41) is 13.1. The van der Waals surface area contributed by atoms with Crippen LogP contribution in [0.3, 0.4) is 0 Å². The predicted molar refractivity (Wildman–Crippen MR) is 153 cm³/mol. The van der Waals surface area contributed by atoms with E-state index in [1.165, 1.54) is 12.3 Å². The molecule has 2 aromatic carbocycles. The number of ether oxygens (including phenoxy) is 1. The Balaban J connectivity index is 1.81. The first-order valence-corrected chi connectivity index (χ1v) is 12.7. The monoisotopic (exact) mass is 528 g/mol. The molecule has 4 aromatic rings. The second kappa shape index (κ2) is 11.4. The first-order valence-electron chi connectivity index (χ1n) is 12.7. The van der Waals surface area contributed by atoms with E-state index in [2.05, 4.69) is 15.3 Å². The van der Waals surface area contributed by atoms with E-state index in [0.29, 0.717) is 16.7 Å². The zero-order chi connectivity index (χ0) is 28.3. The van der Waals surface area contributed by atoms with Crippen LogP contribution in [0.25, 0.3) is 22.2 Å². The smallest absolute Gasteiger partial charge is 0.327 e. The number of hydrogen-bond acceptors (Lipinski definition) is 5. The molecule has 0 unspecified atom stereocenters. The fourth-order valence-electron chi connectivity index (χ4n) is 4.51. The molecule has 0 radical (unpaired) electrons. The first kappa shape index (κ1) is 27.4. The Labute approximate surface area is 226 Å². The molecular weight excluding hydrogens is 496 g/mol. The largest absolute Gasteiger partial charge is 0.497 e. The number of aromatic nitrogens is 2. The maximum Gasteiger partial charge on any atom is 0.327 e. The van der Waals surface area contributed by atoms with Gasteiger partial charge in [0.2, 0.25) is 0 Å². The van der Waals surface area contributed by atoms with Crippen LogP contribution in [0.1, 0.15) is 50.7 Å². The molecule has 9 heteroatoms. The van der Waals surface area contributed by atoms with Crippen LogP contribution in [0.5, 0.6) is 5.75 Å². The van der Waals surface area contributed by atoms with Crippen LogP contribution in [0.4, 0.5) is 16.2 Å². The third kappa shape index (κ3) is 5.93. The molecule has 0 spiro atoms. The van der Waals surface area contributed by atoms with Crippen molar-refractivity contribution in [1.82, 2.24) is 9.97 Å². The lowest BCUT2D eigenvalue weighted by Gasteiger charge is -2.26. The number of fused-ring (bicyclic) bond motifs is 1. The van der Waals surface area contributed by atoms with Gasteiger partial charge in [0.25, 0.3) is 5.56 Å². The van der Waals surface area contributed by atoms with Crippen molar-refractivity contribution in [2.24, 2.45) is 0 Å². The molecule has 0 bridgehead atoms. The zero-order valence-corrected chi connectivity index (χ0v) is 22.6. The molecule has 0 aliphatic carbocycles. The Kier molecular flexibility index (Phi) is 7.99. The first-order chi connectivity index (χ1) is 18.6. The van der Waals surface area contributed by atoms with Crippen LogP contribution >= 0.6 is 0 Å². The number of carbonyl (C=O) groups excluding carboxylic acids is 1. The molecule has 202 valence electrons. The Morgan fingerprint density at radius 3 is 2.31 bits per heavy atom. The number of nitrogens with one attached hydrogen (secondary N) is 2. The number of methoxy groups -OCH3 is 1. The van der Waals surface area contributed by atoms with E-state index in [1.54, 1.807) is 19.2 Å². The number of carboxylic acids is 1. The van der Waals surface area contributed by atoms with Crippen molar-refractivity contribution in [1.29, 1.82) is 0 Å². The number of carbonyl (C=O) groups is 2. The van der Waals surface area contributed by atoms with E-state index in [1.807, 2.05) is 64.1 Å². The molecule has 9 nitrogen and oxygen atoms in total. The molecule has 0 aliphatic rings. The van der Waals surface area contributed by atoms with Gasteiger partial charge >= 0.3 is 12.0 Å². The highest BCUT2D eigenvalue weighted by molar-refractivity contribution is 6.06. The Morgan fingerprint density at radius 2 is 1.69 bits per heavy atom. The van der Waals surface area contributed by atoms with E-state index in [4.69, 9.17) is 4.74 Å². The van der Waals surface area contributed by atoms with Gasteiger partial charge in [-0.25, -0.2) is 9.78 Å². The van der Waals surface area contributed by atoms with Crippen LogP contribution in [0.2, 0.25) is 0 Å². The van der Waals surface area contributed by atoms with E-state index >= 15 is 0 Å². The third-order valence-corrected chi connectivity index (χ3v) is 6.50. The van der Waals surface area contributed by atoms with Crippen LogP contribution in [-0.2, 0) is 4.79 Å². The number of anilines is 2. The van der Waals surface area contributed by atoms with Gasteiger partial charge in [-0.2, -0.15) is 0 Å². The Hall–Kier alpha value is -4.66. The number of aromatic amines is 1. The highest BCUT2D eigenvalue weighted by Gasteiger charge is 2.26. The molecule has 0 atom stereocenters. The molecule has 2 heterocycles. The van der Waals surface area contributed by atoms with Crippen molar-refractivity contribution < 1.29 is 19.4 Å². The summed E-state index contributed by atoms with van der Waals surface area (Å²) >= 11 is 0. The van der Waals surface area contributed by atoms with Gasteiger partial charge in [-0.1, -0.05) is 39.8 Å². The highest BCUT2D eigenvalue weighted by atomic mass is 16.5. The lowest BCUT2D eigenvalue weighted by atomic mass is 9.88. The lowest BCUT2D eigenvalue weighted by molar-refractivity contribution is -0.135. The fourth-order valence-corrected chi connectivity index (χ4v) is 4.51. The van der Waals surface area contributed by atoms with Crippen molar-refractivity contribution in [3.63, 3.8) is 0 Å². The molecule has 39 heavy (non-hydrogen) atoms. The molecule has 2 aromatic heterocycles.